The summed E-state index contributed by atoms with van der Waals surface area (Å²) >= 11 is 0. The van der Waals surface area contributed by atoms with Crippen LogP contribution in [0.4, 0.5) is 0 Å². The zero-order chi connectivity index (χ0) is 12.4. The molecular weight excluding hydrogens is 220 g/mol. The first-order valence-electron chi connectivity index (χ1n) is 5.29. The van der Waals surface area contributed by atoms with Gasteiger partial charge in [-0.05, 0) is 26.0 Å². The highest BCUT2D eigenvalue weighted by molar-refractivity contribution is 5.88. The van der Waals surface area contributed by atoms with Crippen LogP contribution >= 0.6 is 0 Å². The Morgan fingerprint density at radius 3 is 2.94 bits per heavy atom. The third-order valence-electron chi connectivity index (χ3n) is 2.38. The Labute approximate surface area is 97.7 Å². The number of ether oxygens (including phenoxy) is 1. The van der Waals surface area contributed by atoms with Gasteiger partial charge < -0.3 is 4.74 Å². The molecule has 17 heavy (non-hydrogen) atoms. The highest BCUT2D eigenvalue weighted by atomic mass is 16.5. The van der Waals surface area contributed by atoms with Gasteiger partial charge in [-0.25, -0.2) is 9.78 Å². The lowest BCUT2D eigenvalue weighted by molar-refractivity contribution is 0.0517. The Bertz CT molecular complexity index is 631. The molecule has 0 aliphatic carbocycles. The van der Waals surface area contributed by atoms with Crippen molar-refractivity contribution in [3.05, 3.63) is 46.0 Å². The predicted octanol–water partition coefficient (Wildman–Crippen LogP) is 1.18. The number of rotatable bonds is 2. The third-order valence-corrected chi connectivity index (χ3v) is 2.38. The number of fused-ring (bicyclic) bond motifs is 1. The van der Waals surface area contributed by atoms with Gasteiger partial charge in [-0.1, -0.05) is 6.07 Å². The van der Waals surface area contributed by atoms with Crippen molar-refractivity contribution in [1.82, 2.24) is 9.38 Å². The van der Waals surface area contributed by atoms with E-state index in [1.54, 1.807) is 32.0 Å². The van der Waals surface area contributed by atoms with Gasteiger partial charge in [0.15, 0.2) is 0 Å². The fourth-order valence-corrected chi connectivity index (χ4v) is 1.57. The van der Waals surface area contributed by atoms with Gasteiger partial charge >= 0.3 is 5.97 Å². The molecule has 0 radical (unpaired) electrons. The van der Waals surface area contributed by atoms with Gasteiger partial charge in [0.2, 0.25) is 0 Å². The fraction of sp³-hybridized carbons (Fsp3) is 0.250. The molecular formula is C12H12N2O3. The monoisotopic (exact) mass is 232 g/mol. The van der Waals surface area contributed by atoms with Crippen LogP contribution in [0.2, 0.25) is 0 Å². The lowest BCUT2D eigenvalue weighted by atomic mass is 10.3. The Morgan fingerprint density at radius 1 is 1.47 bits per heavy atom. The van der Waals surface area contributed by atoms with Gasteiger partial charge in [-0.15, -0.1) is 0 Å². The number of nitrogens with zero attached hydrogens (tertiary/aromatic N) is 2. The minimum atomic E-state index is -0.521. The van der Waals surface area contributed by atoms with Crippen molar-refractivity contribution in [1.29, 1.82) is 0 Å². The average molecular weight is 232 g/mol. The van der Waals surface area contributed by atoms with E-state index in [1.807, 2.05) is 0 Å². The molecule has 5 heteroatoms. The van der Waals surface area contributed by atoms with E-state index in [0.29, 0.717) is 11.2 Å². The molecule has 88 valence electrons. The normalized spacial score (nSPS) is 10.5. The molecule has 0 aliphatic heterocycles. The SMILES string of the molecule is CCOC(=O)c1cccc2ncc(C)c(=O)n12. The van der Waals surface area contributed by atoms with Gasteiger partial charge in [0.1, 0.15) is 11.3 Å². The van der Waals surface area contributed by atoms with Crippen LogP contribution in [0.1, 0.15) is 23.0 Å². The number of esters is 1. The first-order valence-corrected chi connectivity index (χ1v) is 5.29. The lowest BCUT2D eigenvalue weighted by Crippen LogP contribution is -2.23. The summed E-state index contributed by atoms with van der Waals surface area (Å²) in [7, 11) is 0. The maximum atomic E-state index is 12.0. The Kier molecular flexibility index (Phi) is 2.91. The smallest absolute Gasteiger partial charge is 0.355 e. The Morgan fingerprint density at radius 2 is 2.24 bits per heavy atom. The molecule has 0 amide bonds. The molecule has 0 aromatic carbocycles. The molecule has 0 unspecified atom stereocenters. The lowest BCUT2D eigenvalue weighted by Gasteiger charge is -2.07. The van der Waals surface area contributed by atoms with E-state index in [-0.39, 0.29) is 17.9 Å². The molecule has 2 rings (SSSR count). The van der Waals surface area contributed by atoms with Crippen LogP contribution in [0.3, 0.4) is 0 Å². The number of hydrogen-bond donors (Lipinski definition) is 0. The molecule has 0 spiro atoms. The second kappa shape index (κ2) is 4.37. The minimum Gasteiger partial charge on any atom is -0.461 e. The quantitative estimate of drug-likeness (QED) is 0.729. The van der Waals surface area contributed by atoms with Crippen LogP contribution in [0.25, 0.3) is 5.65 Å². The zero-order valence-corrected chi connectivity index (χ0v) is 9.64. The first kappa shape index (κ1) is 11.3. The highest BCUT2D eigenvalue weighted by Crippen LogP contribution is 2.05. The summed E-state index contributed by atoms with van der Waals surface area (Å²) in [6.45, 7) is 3.64. The van der Waals surface area contributed by atoms with Crippen molar-refractivity contribution in [3.8, 4) is 0 Å². The van der Waals surface area contributed by atoms with Gasteiger partial charge in [0.05, 0.1) is 6.61 Å². The molecule has 0 aliphatic rings. The maximum Gasteiger partial charge on any atom is 0.355 e. The van der Waals surface area contributed by atoms with Gasteiger partial charge in [-0.2, -0.15) is 0 Å². The second-order valence-corrected chi connectivity index (χ2v) is 3.57. The van der Waals surface area contributed by atoms with E-state index in [0.717, 1.165) is 0 Å². The third kappa shape index (κ3) is 1.91. The van der Waals surface area contributed by atoms with Crippen LogP contribution < -0.4 is 5.56 Å². The summed E-state index contributed by atoms with van der Waals surface area (Å²) in [5.41, 5.74) is 0.870. The van der Waals surface area contributed by atoms with Crippen molar-refractivity contribution in [2.24, 2.45) is 0 Å². The topological polar surface area (TPSA) is 60.7 Å². The Hall–Kier alpha value is -2.17. The summed E-state index contributed by atoms with van der Waals surface area (Å²) in [5, 5.41) is 0. The molecule has 0 bridgehead atoms. The summed E-state index contributed by atoms with van der Waals surface area (Å²) < 4.78 is 6.18. The zero-order valence-electron chi connectivity index (χ0n) is 9.64. The first-order chi connectivity index (χ1) is 8.15. The van der Waals surface area contributed by atoms with Gasteiger partial charge in [0, 0.05) is 11.8 Å². The molecule has 2 aromatic heterocycles. The summed E-state index contributed by atoms with van der Waals surface area (Å²) in [6.07, 6.45) is 1.49. The van der Waals surface area contributed by atoms with Crippen molar-refractivity contribution >= 4 is 11.6 Å². The van der Waals surface area contributed by atoms with E-state index in [4.69, 9.17) is 4.74 Å². The molecule has 0 saturated carbocycles. The predicted molar refractivity (Wildman–Crippen MR) is 62.2 cm³/mol. The van der Waals surface area contributed by atoms with E-state index < -0.39 is 5.97 Å². The molecule has 2 heterocycles. The number of pyridine rings is 1. The van der Waals surface area contributed by atoms with Crippen molar-refractivity contribution in [3.63, 3.8) is 0 Å². The van der Waals surface area contributed by atoms with E-state index in [2.05, 4.69) is 4.98 Å². The largest absolute Gasteiger partial charge is 0.461 e. The second-order valence-electron chi connectivity index (χ2n) is 3.57. The van der Waals surface area contributed by atoms with Crippen LogP contribution in [0, 0.1) is 6.92 Å². The van der Waals surface area contributed by atoms with Crippen LogP contribution in [-0.4, -0.2) is 22.0 Å². The van der Waals surface area contributed by atoms with E-state index in [9.17, 15) is 9.59 Å². The summed E-state index contributed by atoms with van der Waals surface area (Å²) in [6, 6.07) is 4.89. The molecule has 0 N–H and O–H groups in total. The van der Waals surface area contributed by atoms with Crippen molar-refractivity contribution in [2.45, 2.75) is 13.8 Å². The Balaban J connectivity index is 2.76. The minimum absolute atomic E-state index is 0.200. The van der Waals surface area contributed by atoms with Crippen LogP contribution in [-0.2, 0) is 4.74 Å². The molecule has 2 aromatic rings. The number of aryl methyl sites for hydroxylation is 1. The van der Waals surface area contributed by atoms with Crippen molar-refractivity contribution in [2.75, 3.05) is 6.61 Å². The summed E-state index contributed by atoms with van der Waals surface area (Å²) in [5.74, 6) is -0.521. The van der Waals surface area contributed by atoms with Gasteiger partial charge in [0.25, 0.3) is 5.56 Å². The number of carbonyl (C=O) groups excluding carboxylic acids is 1. The maximum absolute atomic E-state index is 12.0. The molecule has 0 atom stereocenters. The van der Waals surface area contributed by atoms with Crippen LogP contribution in [0.15, 0.2) is 29.2 Å². The molecule has 0 saturated heterocycles. The fourth-order valence-electron chi connectivity index (χ4n) is 1.57. The standard InChI is InChI=1S/C12H12N2O3/c1-3-17-12(16)9-5-4-6-10-13-7-8(2)11(15)14(9)10/h4-7H,3H2,1-2H3. The van der Waals surface area contributed by atoms with E-state index in [1.165, 1.54) is 10.6 Å². The number of aromatic nitrogens is 2. The van der Waals surface area contributed by atoms with Gasteiger partial charge in [-0.3, -0.25) is 9.20 Å². The van der Waals surface area contributed by atoms with Crippen LogP contribution in [0.5, 0.6) is 0 Å². The highest BCUT2D eigenvalue weighted by Gasteiger charge is 2.13. The van der Waals surface area contributed by atoms with E-state index >= 15 is 0 Å². The average Bonchev–Trinajstić information content (AvgIpc) is 2.33. The number of carbonyl (C=O) groups is 1. The molecule has 0 fully saturated rings. The number of hydrogen-bond acceptors (Lipinski definition) is 4. The molecule has 5 nitrogen and oxygen atoms in total. The van der Waals surface area contributed by atoms with Crippen molar-refractivity contribution < 1.29 is 9.53 Å². The summed E-state index contributed by atoms with van der Waals surface area (Å²) in [4.78, 5) is 27.8.